The van der Waals surface area contributed by atoms with Gasteiger partial charge in [0.2, 0.25) is 11.9 Å². The van der Waals surface area contributed by atoms with E-state index >= 15 is 0 Å². The Morgan fingerprint density at radius 1 is 0.871 bits per heavy atom. The number of ketones is 1. The summed E-state index contributed by atoms with van der Waals surface area (Å²) in [6.45, 7) is 2.95. The topological polar surface area (TPSA) is 80.4 Å². The number of fused-ring (bicyclic) bond motifs is 3. The first-order valence-corrected chi connectivity index (χ1v) is 9.76. The summed E-state index contributed by atoms with van der Waals surface area (Å²) in [6, 6.07) is 18.8. The maximum Gasteiger partial charge on any atom is 0.362 e. The lowest BCUT2D eigenvalue weighted by molar-refractivity contribution is -0.645. The lowest BCUT2D eigenvalue weighted by Crippen LogP contribution is -2.40. The quantitative estimate of drug-likeness (QED) is 0.237. The Kier molecular flexibility index (Phi) is 5.21. The average Bonchev–Trinajstić information content (AvgIpc) is 3.10. The van der Waals surface area contributed by atoms with E-state index in [-0.39, 0.29) is 22.9 Å². The summed E-state index contributed by atoms with van der Waals surface area (Å²) in [5.41, 5.74) is 5.14. The summed E-state index contributed by atoms with van der Waals surface area (Å²) in [5, 5.41) is 14.9. The van der Waals surface area contributed by atoms with Gasteiger partial charge in [0.15, 0.2) is 11.5 Å². The smallest absolute Gasteiger partial charge is 0.362 e. The highest BCUT2D eigenvalue weighted by Crippen LogP contribution is 2.46. The number of esters is 1. The zero-order valence-electron chi connectivity index (χ0n) is 17.4. The molecule has 0 spiro atoms. The van der Waals surface area contributed by atoms with Crippen LogP contribution in [0.5, 0.6) is 0 Å². The Hall–Kier alpha value is -4.06. The SMILES string of the molecule is COC(=O)c1ccc[n+](/C(C(C(C)=O)=C2c3ccccc3-c3ccccc32)=C(/C)O)n1. The first kappa shape index (κ1) is 20.2. The summed E-state index contributed by atoms with van der Waals surface area (Å²) >= 11 is 0. The second-order valence-corrected chi connectivity index (χ2v) is 7.16. The van der Waals surface area contributed by atoms with Gasteiger partial charge in [0.25, 0.3) is 5.70 Å². The fraction of sp³-hybridized carbons (Fsp3) is 0.120. The molecule has 3 aromatic rings. The summed E-state index contributed by atoms with van der Waals surface area (Å²) < 4.78 is 6.10. The largest absolute Gasteiger partial charge is 0.506 e. The highest BCUT2D eigenvalue weighted by molar-refractivity contribution is 6.17. The van der Waals surface area contributed by atoms with Gasteiger partial charge in [-0.25, -0.2) is 4.79 Å². The molecular formula is C25H21N2O4+. The van der Waals surface area contributed by atoms with Crippen LogP contribution in [-0.2, 0) is 9.53 Å². The van der Waals surface area contributed by atoms with Crippen molar-refractivity contribution in [2.45, 2.75) is 13.8 Å². The van der Waals surface area contributed by atoms with E-state index in [0.29, 0.717) is 5.57 Å². The summed E-state index contributed by atoms with van der Waals surface area (Å²) in [6.07, 6.45) is 1.58. The molecule has 0 radical (unpaired) electrons. The summed E-state index contributed by atoms with van der Waals surface area (Å²) in [4.78, 5) is 25.0. The number of Topliss-reactive ketones (excluding diaryl/α,β-unsaturated/α-hetero) is 1. The standard InChI is InChI=1S/C25H20N2O4/c1-15(28)22(24(16(2)29)27-14-8-13-21(26-27)25(30)31-3)23-19-11-6-4-9-17(19)18-10-5-7-12-20(18)23/h4-14H,1-3H3/p+1. The zero-order chi connectivity index (χ0) is 22.1. The van der Waals surface area contributed by atoms with Crippen LogP contribution >= 0.6 is 0 Å². The molecule has 0 amide bonds. The third kappa shape index (κ3) is 3.42. The number of carbonyl (C=O) groups excluding carboxylic acids is 2. The molecule has 0 bridgehead atoms. The molecule has 0 atom stereocenters. The summed E-state index contributed by atoms with van der Waals surface area (Å²) in [7, 11) is 1.27. The van der Waals surface area contributed by atoms with Crippen LogP contribution in [0, 0.1) is 0 Å². The van der Waals surface area contributed by atoms with Crippen molar-refractivity contribution >= 4 is 23.0 Å². The molecule has 4 rings (SSSR count). The van der Waals surface area contributed by atoms with E-state index in [9.17, 15) is 14.7 Å². The van der Waals surface area contributed by atoms with Crippen molar-refractivity contribution in [3.05, 3.63) is 95.0 Å². The van der Waals surface area contributed by atoms with Crippen LogP contribution in [0.1, 0.15) is 35.5 Å². The average molecular weight is 413 g/mol. The normalized spacial score (nSPS) is 12.5. The maximum absolute atomic E-state index is 13.0. The van der Waals surface area contributed by atoms with Crippen LogP contribution in [0.25, 0.3) is 22.4 Å². The molecule has 1 aromatic heterocycles. The van der Waals surface area contributed by atoms with E-state index in [1.54, 1.807) is 12.3 Å². The fourth-order valence-corrected chi connectivity index (χ4v) is 3.95. The van der Waals surface area contributed by atoms with Crippen molar-refractivity contribution < 1.29 is 24.1 Å². The number of aliphatic hydroxyl groups excluding tert-OH is 1. The third-order valence-electron chi connectivity index (χ3n) is 5.19. The zero-order valence-corrected chi connectivity index (χ0v) is 17.4. The Morgan fingerprint density at radius 3 is 1.90 bits per heavy atom. The van der Waals surface area contributed by atoms with Gasteiger partial charge in [-0.2, -0.15) is 0 Å². The maximum atomic E-state index is 13.0. The number of nitrogens with zero attached hydrogens (tertiary/aromatic N) is 2. The van der Waals surface area contributed by atoms with Gasteiger partial charge < -0.3 is 9.84 Å². The lowest BCUT2D eigenvalue weighted by atomic mass is 9.93. The number of rotatable bonds is 4. The number of aliphatic hydroxyl groups is 1. The molecule has 0 saturated heterocycles. The van der Waals surface area contributed by atoms with Crippen LogP contribution in [0.15, 0.2) is 78.2 Å². The predicted molar refractivity (Wildman–Crippen MR) is 116 cm³/mol. The second-order valence-electron chi connectivity index (χ2n) is 7.16. The molecule has 0 saturated carbocycles. The van der Waals surface area contributed by atoms with Gasteiger partial charge in [0, 0.05) is 16.7 Å². The van der Waals surface area contributed by atoms with E-state index in [1.165, 1.54) is 31.7 Å². The van der Waals surface area contributed by atoms with E-state index in [2.05, 4.69) is 5.10 Å². The molecular weight excluding hydrogens is 392 g/mol. The Labute approximate surface area is 179 Å². The number of hydrogen-bond acceptors (Lipinski definition) is 5. The predicted octanol–water partition coefficient (Wildman–Crippen LogP) is 3.97. The molecule has 0 fully saturated rings. The first-order valence-electron chi connectivity index (χ1n) is 9.76. The Morgan fingerprint density at radius 2 is 1.42 bits per heavy atom. The molecule has 154 valence electrons. The Bertz CT molecular complexity index is 1240. The minimum Gasteiger partial charge on any atom is -0.506 e. The molecule has 31 heavy (non-hydrogen) atoms. The van der Waals surface area contributed by atoms with Crippen LogP contribution in [0.4, 0.5) is 0 Å². The van der Waals surface area contributed by atoms with Gasteiger partial charge in [-0.15, -0.1) is 0 Å². The van der Waals surface area contributed by atoms with Crippen molar-refractivity contribution in [1.82, 2.24) is 5.10 Å². The summed E-state index contributed by atoms with van der Waals surface area (Å²) in [5.74, 6) is -0.945. The second kappa shape index (κ2) is 7.99. The van der Waals surface area contributed by atoms with Crippen molar-refractivity contribution in [2.75, 3.05) is 7.11 Å². The van der Waals surface area contributed by atoms with Gasteiger partial charge in [0.05, 0.1) is 7.11 Å². The van der Waals surface area contributed by atoms with E-state index < -0.39 is 5.97 Å². The number of benzene rings is 2. The number of allylic oxidation sites excluding steroid dienone is 3. The van der Waals surface area contributed by atoms with Crippen molar-refractivity contribution in [1.29, 1.82) is 0 Å². The van der Waals surface area contributed by atoms with Gasteiger partial charge >= 0.3 is 5.97 Å². The number of carbonyl (C=O) groups is 2. The highest BCUT2D eigenvalue weighted by atomic mass is 16.5. The number of ether oxygens (including phenoxy) is 1. The van der Waals surface area contributed by atoms with E-state index in [4.69, 9.17) is 4.74 Å². The van der Waals surface area contributed by atoms with Crippen LogP contribution in [0.2, 0.25) is 0 Å². The van der Waals surface area contributed by atoms with Crippen molar-refractivity contribution in [3.8, 4) is 11.1 Å². The monoisotopic (exact) mass is 413 g/mol. The number of hydrogen-bond donors (Lipinski definition) is 1. The van der Waals surface area contributed by atoms with Gasteiger partial charge in [-0.05, 0) is 46.8 Å². The van der Waals surface area contributed by atoms with Crippen LogP contribution in [-0.4, -0.2) is 29.1 Å². The lowest BCUT2D eigenvalue weighted by Gasteiger charge is -2.11. The Balaban J connectivity index is 2.06. The van der Waals surface area contributed by atoms with Crippen molar-refractivity contribution in [3.63, 3.8) is 0 Å². The fourth-order valence-electron chi connectivity index (χ4n) is 3.95. The molecule has 2 aromatic carbocycles. The van der Waals surface area contributed by atoms with Gasteiger partial charge in [0.1, 0.15) is 5.57 Å². The van der Waals surface area contributed by atoms with Crippen molar-refractivity contribution in [2.24, 2.45) is 0 Å². The minimum absolute atomic E-state index is 0.0591. The molecule has 6 heteroatoms. The number of aromatic nitrogens is 2. The van der Waals surface area contributed by atoms with Gasteiger partial charge in [-0.3, -0.25) is 4.79 Å². The van der Waals surface area contributed by atoms with Crippen LogP contribution < -0.4 is 4.68 Å². The van der Waals surface area contributed by atoms with E-state index in [0.717, 1.165) is 27.8 Å². The molecule has 1 N–H and O–H groups in total. The molecule has 6 nitrogen and oxygen atoms in total. The minimum atomic E-state index is -0.613. The van der Waals surface area contributed by atoms with Crippen LogP contribution in [0.3, 0.4) is 0 Å². The van der Waals surface area contributed by atoms with Gasteiger partial charge in [-0.1, -0.05) is 48.5 Å². The molecule has 1 heterocycles. The molecule has 0 unspecified atom stereocenters. The number of methoxy groups -OCH3 is 1. The highest BCUT2D eigenvalue weighted by Gasteiger charge is 2.34. The third-order valence-corrected chi connectivity index (χ3v) is 5.19. The molecule has 0 aliphatic heterocycles. The first-order chi connectivity index (χ1) is 14.9. The van der Waals surface area contributed by atoms with E-state index in [1.807, 2.05) is 48.5 Å². The molecule has 1 aliphatic carbocycles. The molecule has 1 aliphatic rings.